The highest BCUT2D eigenvalue weighted by Gasteiger charge is 2.47. The van der Waals surface area contributed by atoms with Crippen LogP contribution in [0, 0.1) is 13.8 Å². The summed E-state index contributed by atoms with van der Waals surface area (Å²) in [6, 6.07) is 2.47. The molecule has 114 valence electrons. The van der Waals surface area contributed by atoms with Crippen LogP contribution >= 0.6 is 0 Å². The summed E-state index contributed by atoms with van der Waals surface area (Å²) in [7, 11) is 1.37. The largest absolute Gasteiger partial charge is 0.467 e. The summed E-state index contributed by atoms with van der Waals surface area (Å²) < 4.78 is 7.08. The predicted octanol–water partition coefficient (Wildman–Crippen LogP) is 2.27. The van der Waals surface area contributed by atoms with Gasteiger partial charge in [0.2, 0.25) is 0 Å². The van der Waals surface area contributed by atoms with Crippen LogP contribution in [-0.2, 0) is 9.53 Å². The molecule has 1 amide bonds. The second-order valence-corrected chi connectivity index (χ2v) is 6.27. The van der Waals surface area contributed by atoms with E-state index in [1.807, 2.05) is 19.9 Å². The first-order valence-corrected chi connectivity index (χ1v) is 7.58. The van der Waals surface area contributed by atoms with Gasteiger partial charge in [-0.15, -0.1) is 0 Å². The molecule has 0 aromatic carbocycles. The number of hydrogen-bond acceptors (Lipinski definition) is 3. The molecule has 2 aliphatic carbocycles. The normalized spacial score (nSPS) is 19.8. The molecule has 5 heteroatoms. The molecule has 2 aliphatic rings. The Morgan fingerprint density at radius 1 is 1.33 bits per heavy atom. The molecule has 0 unspecified atom stereocenters. The third-order valence-corrected chi connectivity index (χ3v) is 4.78. The zero-order chi connectivity index (χ0) is 15.2. The monoisotopic (exact) mass is 290 g/mol. The van der Waals surface area contributed by atoms with Crippen LogP contribution in [0.1, 0.15) is 59.9 Å². The molecule has 2 fully saturated rings. The molecule has 2 saturated carbocycles. The summed E-state index contributed by atoms with van der Waals surface area (Å²) in [6.07, 6.45) is 4.63. The number of nitrogens with one attached hydrogen (secondary N) is 1. The third kappa shape index (κ3) is 2.24. The van der Waals surface area contributed by atoms with Crippen molar-refractivity contribution in [2.45, 2.75) is 57.5 Å². The van der Waals surface area contributed by atoms with Crippen molar-refractivity contribution in [1.82, 2.24) is 9.88 Å². The Hall–Kier alpha value is -1.78. The number of carbonyl (C=O) groups excluding carboxylic acids is 2. The lowest BCUT2D eigenvalue weighted by molar-refractivity contribution is -0.152. The van der Waals surface area contributed by atoms with E-state index in [-0.39, 0.29) is 11.9 Å². The average molecular weight is 290 g/mol. The van der Waals surface area contributed by atoms with Gasteiger partial charge in [0.05, 0.1) is 12.7 Å². The van der Waals surface area contributed by atoms with Crippen LogP contribution in [-0.4, -0.2) is 29.1 Å². The molecule has 0 spiro atoms. The minimum atomic E-state index is -0.812. The summed E-state index contributed by atoms with van der Waals surface area (Å²) in [5.74, 6) is -0.502. The van der Waals surface area contributed by atoms with Crippen LogP contribution in [0.15, 0.2) is 6.07 Å². The highest BCUT2D eigenvalue weighted by Crippen LogP contribution is 2.39. The van der Waals surface area contributed by atoms with E-state index in [2.05, 4.69) is 9.88 Å². The highest BCUT2D eigenvalue weighted by atomic mass is 16.5. The molecule has 3 rings (SSSR count). The van der Waals surface area contributed by atoms with Crippen molar-refractivity contribution >= 4 is 11.9 Å². The van der Waals surface area contributed by atoms with Gasteiger partial charge in [0, 0.05) is 17.4 Å². The topological polar surface area (TPSA) is 60.3 Å². The number of nitrogens with zero attached hydrogens (tertiary/aromatic N) is 1. The fraction of sp³-hybridized carbons (Fsp3) is 0.625. The Bertz CT molecular complexity index is 595. The number of rotatable bonds is 4. The van der Waals surface area contributed by atoms with Crippen molar-refractivity contribution in [2.75, 3.05) is 7.11 Å². The zero-order valence-corrected chi connectivity index (χ0v) is 12.9. The van der Waals surface area contributed by atoms with E-state index >= 15 is 0 Å². The lowest BCUT2D eigenvalue weighted by atomic mass is 9.76. The first-order chi connectivity index (χ1) is 9.98. The number of methoxy groups -OCH3 is 1. The van der Waals surface area contributed by atoms with Gasteiger partial charge in [-0.05, 0) is 52.0 Å². The Morgan fingerprint density at radius 2 is 2.00 bits per heavy atom. The molecule has 0 aliphatic heterocycles. The molecule has 1 aromatic rings. The van der Waals surface area contributed by atoms with Gasteiger partial charge < -0.3 is 14.6 Å². The molecule has 0 radical (unpaired) electrons. The third-order valence-electron chi connectivity index (χ3n) is 4.78. The van der Waals surface area contributed by atoms with Crippen molar-refractivity contribution < 1.29 is 14.3 Å². The van der Waals surface area contributed by atoms with Crippen LogP contribution in [0.5, 0.6) is 0 Å². The van der Waals surface area contributed by atoms with Gasteiger partial charge in [0.25, 0.3) is 5.91 Å². The maximum absolute atomic E-state index is 12.6. The van der Waals surface area contributed by atoms with E-state index in [0.29, 0.717) is 24.4 Å². The Balaban J connectivity index is 1.82. The summed E-state index contributed by atoms with van der Waals surface area (Å²) in [5.41, 5.74) is 1.97. The fourth-order valence-corrected chi connectivity index (χ4v) is 3.29. The van der Waals surface area contributed by atoms with Crippen LogP contribution < -0.4 is 5.32 Å². The van der Waals surface area contributed by atoms with Gasteiger partial charge in [-0.25, -0.2) is 4.79 Å². The van der Waals surface area contributed by atoms with Crippen molar-refractivity contribution in [3.8, 4) is 0 Å². The Morgan fingerprint density at radius 3 is 2.48 bits per heavy atom. The van der Waals surface area contributed by atoms with Crippen molar-refractivity contribution in [2.24, 2.45) is 0 Å². The first-order valence-electron chi connectivity index (χ1n) is 7.58. The summed E-state index contributed by atoms with van der Waals surface area (Å²) in [6.45, 7) is 4.01. The van der Waals surface area contributed by atoms with E-state index in [1.54, 1.807) is 0 Å². The van der Waals surface area contributed by atoms with Crippen molar-refractivity contribution in [3.05, 3.63) is 23.0 Å². The van der Waals surface area contributed by atoms with Gasteiger partial charge in [-0.3, -0.25) is 4.79 Å². The molecular formula is C16H22N2O3. The minimum Gasteiger partial charge on any atom is -0.467 e. The van der Waals surface area contributed by atoms with Gasteiger partial charge >= 0.3 is 5.97 Å². The van der Waals surface area contributed by atoms with Crippen LogP contribution in [0.3, 0.4) is 0 Å². The number of esters is 1. The number of amides is 1. The van der Waals surface area contributed by atoms with E-state index in [1.165, 1.54) is 20.0 Å². The van der Waals surface area contributed by atoms with Crippen molar-refractivity contribution in [3.63, 3.8) is 0 Å². The number of ether oxygens (including phenoxy) is 1. The van der Waals surface area contributed by atoms with E-state index in [9.17, 15) is 9.59 Å². The van der Waals surface area contributed by atoms with E-state index in [4.69, 9.17) is 4.74 Å². The van der Waals surface area contributed by atoms with E-state index < -0.39 is 5.54 Å². The Kier molecular flexibility index (Phi) is 3.30. The summed E-state index contributed by atoms with van der Waals surface area (Å²) >= 11 is 0. The predicted molar refractivity (Wildman–Crippen MR) is 78.2 cm³/mol. The molecule has 21 heavy (non-hydrogen) atoms. The van der Waals surface area contributed by atoms with E-state index in [0.717, 1.165) is 17.8 Å². The zero-order valence-electron chi connectivity index (χ0n) is 12.9. The second-order valence-electron chi connectivity index (χ2n) is 6.27. The summed E-state index contributed by atoms with van der Waals surface area (Å²) in [5, 5.41) is 2.91. The standard InChI is InChI=1S/C16H22N2O3/c1-10-9-13(11(2)18(10)12-5-6-12)14(19)17-16(7-4-8-16)15(20)21-3/h9,12H,4-8H2,1-3H3,(H,17,19). The average Bonchev–Trinajstić information content (AvgIpc) is 3.19. The van der Waals surface area contributed by atoms with Gasteiger partial charge in [0.1, 0.15) is 5.54 Å². The lowest BCUT2D eigenvalue weighted by Crippen LogP contribution is -2.59. The lowest BCUT2D eigenvalue weighted by Gasteiger charge is -2.39. The fourth-order valence-electron chi connectivity index (χ4n) is 3.29. The van der Waals surface area contributed by atoms with Crippen LogP contribution in [0.4, 0.5) is 0 Å². The van der Waals surface area contributed by atoms with Gasteiger partial charge in [-0.2, -0.15) is 0 Å². The molecule has 1 heterocycles. The molecule has 1 aromatic heterocycles. The second kappa shape index (κ2) is 4.90. The molecular weight excluding hydrogens is 268 g/mol. The molecule has 1 N–H and O–H groups in total. The highest BCUT2D eigenvalue weighted by molar-refractivity contribution is 5.99. The molecule has 0 saturated heterocycles. The molecule has 0 bridgehead atoms. The number of carbonyl (C=O) groups is 2. The SMILES string of the molecule is COC(=O)C1(NC(=O)c2cc(C)n(C3CC3)c2C)CCC1. The van der Waals surface area contributed by atoms with Gasteiger partial charge in [-0.1, -0.05) is 0 Å². The van der Waals surface area contributed by atoms with Crippen molar-refractivity contribution in [1.29, 1.82) is 0 Å². The van der Waals surface area contributed by atoms with Crippen LogP contribution in [0.2, 0.25) is 0 Å². The maximum Gasteiger partial charge on any atom is 0.331 e. The quantitative estimate of drug-likeness (QED) is 0.865. The number of hydrogen-bond donors (Lipinski definition) is 1. The number of aryl methyl sites for hydroxylation is 1. The van der Waals surface area contributed by atoms with Gasteiger partial charge in [0.15, 0.2) is 0 Å². The minimum absolute atomic E-state index is 0.167. The summed E-state index contributed by atoms with van der Waals surface area (Å²) in [4.78, 5) is 24.5. The number of aromatic nitrogens is 1. The Labute approximate surface area is 124 Å². The molecule has 5 nitrogen and oxygen atoms in total. The van der Waals surface area contributed by atoms with Crippen LogP contribution in [0.25, 0.3) is 0 Å². The first kappa shape index (κ1) is 14.2. The smallest absolute Gasteiger partial charge is 0.331 e. The maximum atomic E-state index is 12.6. The molecule has 0 atom stereocenters.